The molecule has 1 aliphatic carbocycles. The second-order valence-corrected chi connectivity index (χ2v) is 5.56. The highest BCUT2D eigenvalue weighted by Gasteiger charge is 2.18. The van der Waals surface area contributed by atoms with Crippen LogP contribution in [-0.4, -0.2) is 37.5 Å². The molecule has 3 heteroatoms. The van der Waals surface area contributed by atoms with Gasteiger partial charge in [-0.1, -0.05) is 39.0 Å². The van der Waals surface area contributed by atoms with Gasteiger partial charge in [0.25, 0.3) is 0 Å². The normalized spacial score (nSPS) is 18.3. The fourth-order valence-corrected chi connectivity index (χ4v) is 2.63. The van der Waals surface area contributed by atoms with Gasteiger partial charge in [-0.2, -0.15) is 0 Å². The van der Waals surface area contributed by atoms with E-state index in [-0.39, 0.29) is 6.10 Å². The van der Waals surface area contributed by atoms with Gasteiger partial charge < -0.3 is 15.2 Å². The number of hydrogen-bond acceptors (Lipinski definition) is 3. The molecule has 0 aromatic carbocycles. The Morgan fingerprint density at radius 1 is 1.22 bits per heavy atom. The summed E-state index contributed by atoms with van der Waals surface area (Å²) in [5.74, 6) is 0.777. The van der Waals surface area contributed by atoms with Crippen molar-refractivity contribution >= 4 is 0 Å². The first-order valence-corrected chi connectivity index (χ1v) is 7.79. The summed E-state index contributed by atoms with van der Waals surface area (Å²) in [4.78, 5) is 0. The lowest BCUT2D eigenvalue weighted by molar-refractivity contribution is 0.122. The Kier molecular flexibility index (Phi) is 9.54. The van der Waals surface area contributed by atoms with Crippen molar-refractivity contribution < 1.29 is 9.84 Å². The van der Waals surface area contributed by atoms with Crippen LogP contribution in [0.4, 0.5) is 0 Å². The molecule has 108 valence electrons. The first-order chi connectivity index (χ1) is 8.83. The molecule has 3 nitrogen and oxygen atoms in total. The highest BCUT2D eigenvalue weighted by Crippen LogP contribution is 2.28. The van der Waals surface area contributed by atoms with Crippen molar-refractivity contribution in [1.29, 1.82) is 0 Å². The lowest BCUT2D eigenvalue weighted by Crippen LogP contribution is -2.29. The van der Waals surface area contributed by atoms with E-state index in [1.165, 1.54) is 32.1 Å². The van der Waals surface area contributed by atoms with Crippen LogP contribution in [0.2, 0.25) is 0 Å². The fraction of sp³-hybridized carbons (Fsp3) is 1.00. The molecule has 1 fully saturated rings. The molecular formula is C15H31NO2. The third kappa shape index (κ3) is 8.06. The van der Waals surface area contributed by atoms with E-state index in [0.29, 0.717) is 0 Å². The Bertz CT molecular complexity index is 181. The molecular weight excluding hydrogens is 226 g/mol. The number of nitrogens with one attached hydrogen (secondary N) is 1. The molecule has 0 aromatic rings. The maximum absolute atomic E-state index is 9.89. The van der Waals surface area contributed by atoms with Gasteiger partial charge in [0.05, 0.1) is 6.10 Å². The van der Waals surface area contributed by atoms with Gasteiger partial charge in [0.1, 0.15) is 0 Å². The lowest BCUT2D eigenvalue weighted by atomic mass is 10.0. The maximum atomic E-state index is 9.89. The van der Waals surface area contributed by atoms with Gasteiger partial charge in [0.2, 0.25) is 0 Å². The van der Waals surface area contributed by atoms with E-state index in [9.17, 15) is 5.11 Å². The second-order valence-electron chi connectivity index (χ2n) is 5.56. The van der Waals surface area contributed by atoms with E-state index < -0.39 is 0 Å². The van der Waals surface area contributed by atoms with Gasteiger partial charge in [0, 0.05) is 19.8 Å². The molecule has 1 aliphatic rings. The standard InChI is InChI=1S/C15H31NO2/c1-2-3-10-18-11-6-9-16-13-15(17)12-14-7-4-5-8-14/h14-17H,2-13H2,1H3. The minimum atomic E-state index is -0.158. The zero-order valence-corrected chi connectivity index (χ0v) is 12.0. The first kappa shape index (κ1) is 15.9. The molecule has 0 aliphatic heterocycles. The Labute approximate surface area is 112 Å². The molecule has 18 heavy (non-hydrogen) atoms. The minimum absolute atomic E-state index is 0.158. The van der Waals surface area contributed by atoms with Gasteiger partial charge in [-0.3, -0.25) is 0 Å². The van der Waals surface area contributed by atoms with Gasteiger partial charge in [-0.15, -0.1) is 0 Å². The number of hydrogen-bond donors (Lipinski definition) is 2. The summed E-state index contributed by atoms with van der Waals surface area (Å²) in [7, 11) is 0. The van der Waals surface area contributed by atoms with Crippen LogP contribution in [-0.2, 0) is 4.74 Å². The van der Waals surface area contributed by atoms with E-state index in [1.807, 2.05) is 0 Å². The Balaban J connectivity index is 1.81. The molecule has 1 atom stereocenters. The molecule has 0 heterocycles. The first-order valence-electron chi connectivity index (χ1n) is 7.79. The molecule has 0 bridgehead atoms. The van der Waals surface area contributed by atoms with E-state index >= 15 is 0 Å². The highest BCUT2D eigenvalue weighted by molar-refractivity contribution is 4.72. The van der Waals surface area contributed by atoms with E-state index in [1.54, 1.807) is 0 Å². The highest BCUT2D eigenvalue weighted by atomic mass is 16.5. The van der Waals surface area contributed by atoms with Crippen molar-refractivity contribution in [3.63, 3.8) is 0 Å². The van der Waals surface area contributed by atoms with E-state index in [2.05, 4.69) is 12.2 Å². The number of unbranched alkanes of at least 4 members (excludes halogenated alkanes) is 1. The zero-order valence-electron chi connectivity index (χ0n) is 12.0. The third-order valence-corrected chi connectivity index (χ3v) is 3.74. The van der Waals surface area contributed by atoms with Crippen molar-refractivity contribution in [1.82, 2.24) is 5.32 Å². The zero-order chi connectivity index (χ0) is 13.1. The Morgan fingerprint density at radius 2 is 1.94 bits per heavy atom. The molecule has 1 unspecified atom stereocenters. The summed E-state index contributed by atoms with van der Waals surface area (Å²) < 4.78 is 5.49. The number of rotatable bonds is 11. The van der Waals surface area contributed by atoms with Crippen molar-refractivity contribution in [3.05, 3.63) is 0 Å². The molecule has 2 N–H and O–H groups in total. The Hall–Kier alpha value is -0.120. The fourth-order valence-electron chi connectivity index (χ4n) is 2.63. The second kappa shape index (κ2) is 10.8. The summed E-state index contributed by atoms with van der Waals surface area (Å²) >= 11 is 0. The van der Waals surface area contributed by atoms with Crippen LogP contribution in [0.3, 0.4) is 0 Å². The van der Waals surface area contributed by atoms with Crippen molar-refractivity contribution in [2.45, 2.75) is 64.4 Å². The van der Waals surface area contributed by atoms with Gasteiger partial charge in [0.15, 0.2) is 0 Å². The van der Waals surface area contributed by atoms with Crippen molar-refractivity contribution in [2.24, 2.45) is 5.92 Å². The molecule has 0 radical (unpaired) electrons. The van der Waals surface area contributed by atoms with E-state index in [4.69, 9.17) is 4.74 Å². The Morgan fingerprint density at radius 3 is 2.67 bits per heavy atom. The molecule has 1 rings (SSSR count). The summed E-state index contributed by atoms with van der Waals surface area (Å²) in [6, 6.07) is 0. The predicted molar refractivity (Wildman–Crippen MR) is 75.8 cm³/mol. The monoisotopic (exact) mass is 257 g/mol. The van der Waals surface area contributed by atoms with Crippen LogP contribution in [0.25, 0.3) is 0 Å². The summed E-state index contributed by atoms with van der Waals surface area (Å²) in [5, 5.41) is 13.2. The van der Waals surface area contributed by atoms with E-state index in [0.717, 1.165) is 51.5 Å². The van der Waals surface area contributed by atoms with Crippen molar-refractivity contribution in [2.75, 3.05) is 26.3 Å². The molecule has 0 saturated heterocycles. The summed E-state index contributed by atoms with van der Waals surface area (Å²) in [6.07, 6.45) is 9.60. The number of aliphatic hydroxyl groups is 1. The lowest BCUT2D eigenvalue weighted by Gasteiger charge is -2.15. The predicted octanol–water partition coefficient (Wildman–Crippen LogP) is 2.72. The largest absolute Gasteiger partial charge is 0.392 e. The van der Waals surface area contributed by atoms with Crippen LogP contribution in [0.15, 0.2) is 0 Å². The van der Waals surface area contributed by atoms with Crippen molar-refractivity contribution in [3.8, 4) is 0 Å². The van der Waals surface area contributed by atoms with Gasteiger partial charge in [-0.05, 0) is 31.7 Å². The van der Waals surface area contributed by atoms with Crippen LogP contribution >= 0.6 is 0 Å². The van der Waals surface area contributed by atoms with Crippen LogP contribution < -0.4 is 5.32 Å². The molecule has 0 spiro atoms. The average molecular weight is 257 g/mol. The quantitative estimate of drug-likeness (QED) is 0.559. The SMILES string of the molecule is CCCCOCCCNCC(O)CC1CCCC1. The maximum Gasteiger partial charge on any atom is 0.0667 e. The number of aliphatic hydroxyl groups excluding tert-OH is 1. The van der Waals surface area contributed by atoms with Gasteiger partial charge >= 0.3 is 0 Å². The average Bonchev–Trinajstić information content (AvgIpc) is 2.85. The molecule has 0 aromatic heterocycles. The van der Waals surface area contributed by atoms with Gasteiger partial charge in [-0.25, -0.2) is 0 Å². The molecule has 0 amide bonds. The smallest absolute Gasteiger partial charge is 0.0667 e. The van der Waals surface area contributed by atoms with Crippen LogP contribution in [0.1, 0.15) is 58.3 Å². The van der Waals surface area contributed by atoms with Crippen LogP contribution in [0, 0.1) is 5.92 Å². The number of ether oxygens (including phenoxy) is 1. The topological polar surface area (TPSA) is 41.5 Å². The summed E-state index contributed by atoms with van der Waals surface area (Å²) in [6.45, 7) is 5.60. The third-order valence-electron chi connectivity index (χ3n) is 3.74. The van der Waals surface area contributed by atoms with Crippen LogP contribution in [0.5, 0.6) is 0 Å². The summed E-state index contributed by atoms with van der Waals surface area (Å²) in [5.41, 5.74) is 0. The minimum Gasteiger partial charge on any atom is -0.392 e. The molecule has 1 saturated carbocycles.